The zero-order chi connectivity index (χ0) is 28.9. The largest absolute Gasteiger partial charge is 0.484 e. The van der Waals surface area contributed by atoms with E-state index in [9.17, 15) is 24.0 Å². The second kappa shape index (κ2) is 12.5. The number of likely N-dealkylation sites (tertiary alicyclic amines) is 1. The Balaban J connectivity index is 1.26. The van der Waals surface area contributed by atoms with Gasteiger partial charge in [-0.2, -0.15) is 0 Å². The van der Waals surface area contributed by atoms with Crippen molar-refractivity contribution >= 4 is 29.4 Å². The van der Waals surface area contributed by atoms with E-state index in [1.807, 2.05) is 54.6 Å². The topological polar surface area (TPSA) is 134 Å². The molecule has 0 bridgehead atoms. The van der Waals surface area contributed by atoms with E-state index in [1.165, 1.54) is 7.05 Å². The number of amides is 4. The minimum absolute atomic E-state index is 0.0284. The molecule has 41 heavy (non-hydrogen) atoms. The van der Waals surface area contributed by atoms with E-state index < -0.39 is 35.6 Å². The van der Waals surface area contributed by atoms with Crippen molar-refractivity contribution in [3.05, 3.63) is 54.6 Å². The van der Waals surface area contributed by atoms with Crippen molar-refractivity contribution < 1.29 is 28.7 Å². The number of nitrogens with zero attached hydrogens (tertiary/aromatic N) is 1. The molecule has 10 nitrogen and oxygen atoms in total. The Bertz CT molecular complexity index is 1300. The van der Waals surface area contributed by atoms with Crippen LogP contribution in [-0.4, -0.2) is 73.1 Å². The lowest BCUT2D eigenvalue weighted by molar-refractivity contribution is -0.143. The average molecular weight is 561 g/mol. The Morgan fingerprint density at radius 3 is 2.41 bits per heavy atom. The van der Waals surface area contributed by atoms with E-state index in [0.29, 0.717) is 25.3 Å². The molecule has 5 atom stereocenters. The van der Waals surface area contributed by atoms with E-state index in [4.69, 9.17) is 4.74 Å². The SMILES string of the molecule is CNC(=O)C(=O)[C@H](C[C@@H]1CCNC1=O)NC(=O)[C@@H]1[C@H]2CCC[C@H]2CN1C(=O)COc1ccc(-c2ccccc2)cc1. The van der Waals surface area contributed by atoms with Gasteiger partial charge in [-0.1, -0.05) is 48.9 Å². The maximum absolute atomic E-state index is 13.7. The molecule has 5 rings (SSSR count). The monoisotopic (exact) mass is 560 g/mol. The summed E-state index contributed by atoms with van der Waals surface area (Å²) in [5, 5.41) is 7.79. The van der Waals surface area contributed by atoms with Crippen LogP contribution < -0.4 is 20.7 Å². The zero-order valence-electron chi connectivity index (χ0n) is 23.1. The summed E-state index contributed by atoms with van der Waals surface area (Å²) in [6.45, 7) is 0.704. The fourth-order valence-electron chi connectivity index (χ4n) is 6.42. The van der Waals surface area contributed by atoms with Gasteiger partial charge in [0, 0.05) is 26.1 Å². The number of Topliss-reactive ketones (excluding diaryl/α,β-unsaturated/α-hetero) is 1. The van der Waals surface area contributed by atoms with Gasteiger partial charge in [0.05, 0.1) is 6.04 Å². The molecule has 2 aliphatic heterocycles. The Morgan fingerprint density at radius 1 is 1.00 bits per heavy atom. The number of fused-ring (bicyclic) bond motifs is 1. The van der Waals surface area contributed by atoms with Gasteiger partial charge in [0.1, 0.15) is 11.8 Å². The van der Waals surface area contributed by atoms with E-state index in [-0.39, 0.29) is 36.7 Å². The number of ether oxygens (including phenoxy) is 1. The summed E-state index contributed by atoms with van der Waals surface area (Å²) in [6.07, 6.45) is 3.24. The number of nitrogens with one attached hydrogen (secondary N) is 3. The van der Waals surface area contributed by atoms with E-state index in [1.54, 1.807) is 4.90 Å². The summed E-state index contributed by atoms with van der Waals surface area (Å²) in [6, 6.07) is 15.5. The predicted octanol–water partition coefficient (Wildman–Crippen LogP) is 1.69. The molecule has 4 amide bonds. The summed E-state index contributed by atoms with van der Waals surface area (Å²) >= 11 is 0. The van der Waals surface area contributed by atoms with Crippen LogP contribution in [0.5, 0.6) is 5.75 Å². The van der Waals surface area contributed by atoms with Crippen LogP contribution in [0.4, 0.5) is 0 Å². The smallest absolute Gasteiger partial charge is 0.289 e. The van der Waals surface area contributed by atoms with Crippen LogP contribution >= 0.6 is 0 Å². The lowest BCUT2D eigenvalue weighted by atomic mass is 9.91. The Hall–Kier alpha value is -4.21. The van der Waals surface area contributed by atoms with Crippen LogP contribution in [0.2, 0.25) is 0 Å². The first-order valence-corrected chi connectivity index (χ1v) is 14.3. The zero-order valence-corrected chi connectivity index (χ0v) is 23.1. The number of rotatable bonds is 10. The van der Waals surface area contributed by atoms with Crippen molar-refractivity contribution in [1.82, 2.24) is 20.9 Å². The van der Waals surface area contributed by atoms with Crippen LogP contribution in [0, 0.1) is 17.8 Å². The Morgan fingerprint density at radius 2 is 1.73 bits per heavy atom. The lowest BCUT2D eigenvalue weighted by Crippen LogP contribution is -2.55. The summed E-state index contributed by atoms with van der Waals surface area (Å²) in [4.78, 5) is 65.9. The number of carbonyl (C=O) groups excluding carboxylic acids is 5. The second-order valence-corrected chi connectivity index (χ2v) is 11.0. The molecule has 1 aliphatic carbocycles. The molecular formula is C31H36N4O6. The molecule has 0 aromatic heterocycles. The maximum atomic E-state index is 13.7. The highest BCUT2D eigenvalue weighted by Gasteiger charge is 2.50. The molecule has 216 valence electrons. The summed E-state index contributed by atoms with van der Waals surface area (Å²) in [7, 11) is 1.34. The van der Waals surface area contributed by atoms with Gasteiger partial charge in [0.2, 0.25) is 17.6 Å². The molecule has 3 N–H and O–H groups in total. The molecule has 2 aromatic rings. The van der Waals surface area contributed by atoms with Crippen molar-refractivity contribution in [3.63, 3.8) is 0 Å². The highest BCUT2D eigenvalue weighted by atomic mass is 16.5. The fraction of sp³-hybridized carbons (Fsp3) is 0.452. The average Bonchev–Trinajstić information content (AvgIpc) is 3.72. The third kappa shape index (κ3) is 6.26. The van der Waals surface area contributed by atoms with E-state index >= 15 is 0 Å². The molecular weight excluding hydrogens is 524 g/mol. The Labute approximate surface area is 239 Å². The molecule has 2 heterocycles. The highest BCUT2D eigenvalue weighted by molar-refractivity contribution is 6.38. The molecule has 1 saturated carbocycles. The van der Waals surface area contributed by atoms with Crippen LogP contribution in [-0.2, 0) is 24.0 Å². The summed E-state index contributed by atoms with van der Waals surface area (Å²) in [5.41, 5.74) is 2.11. The number of benzene rings is 2. The molecule has 0 unspecified atom stereocenters. The van der Waals surface area contributed by atoms with E-state index in [2.05, 4.69) is 16.0 Å². The Kier molecular flexibility index (Phi) is 8.66. The number of ketones is 1. The van der Waals surface area contributed by atoms with Crippen molar-refractivity contribution in [1.29, 1.82) is 0 Å². The quantitative estimate of drug-likeness (QED) is 0.379. The van der Waals surface area contributed by atoms with Crippen molar-refractivity contribution in [3.8, 4) is 16.9 Å². The molecule has 10 heteroatoms. The van der Waals surface area contributed by atoms with Gasteiger partial charge in [-0.3, -0.25) is 24.0 Å². The number of hydrogen-bond donors (Lipinski definition) is 3. The highest BCUT2D eigenvalue weighted by Crippen LogP contribution is 2.42. The standard InChI is InChI=1S/C31H36N4O6/c1-32-31(40)28(37)25(16-21-14-15-33-29(21)38)34-30(39)27-24-9-5-8-22(24)17-35(27)26(36)18-41-23-12-10-20(11-13-23)19-6-3-2-4-7-19/h2-4,6-7,10-13,21-22,24-25,27H,5,8-9,14-18H2,1H3,(H,32,40)(H,33,38)(H,34,39)/t21-,22-,24-,25-,27-/m0/s1. The number of likely N-dealkylation sites (N-methyl/N-ethyl adjacent to an activating group) is 1. The van der Waals surface area contributed by atoms with Crippen molar-refractivity contribution in [2.45, 2.75) is 44.2 Å². The van der Waals surface area contributed by atoms with Gasteiger partial charge in [0.15, 0.2) is 6.61 Å². The molecule has 2 aromatic carbocycles. The summed E-state index contributed by atoms with van der Waals surface area (Å²) in [5.74, 6) is -2.39. The van der Waals surface area contributed by atoms with Gasteiger partial charge in [0.25, 0.3) is 11.8 Å². The minimum Gasteiger partial charge on any atom is -0.484 e. The van der Waals surface area contributed by atoms with Gasteiger partial charge >= 0.3 is 0 Å². The molecule has 3 fully saturated rings. The van der Waals surface area contributed by atoms with Gasteiger partial charge in [-0.15, -0.1) is 0 Å². The molecule has 0 radical (unpaired) electrons. The number of carbonyl (C=O) groups is 5. The van der Waals surface area contributed by atoms with Gasteiger partial charge in [-0.25, -0.2) is 0 Å². The first-order valence-electron chi connectivity index (χ1n) is 14.3. The summed E-state index contributed by atoms with van der Waals surface area (Å²) < 4.78 is 5.81. The van der Waals surface area contributed by atoms with Gasteiger partial charge < -0.3 is 25.6 Å². The minimum atomic E-state index is -1.16. The lowest BCUT2D eigenvalue weighted by Gasteiger charge is -2.29. The van der Waals surface area contributed by atoms with Gasteiger partial charge in [-0.05, 0) is 60.8 Å². The van der Waals surface area contributed by atoms with Crippen LogP contribution in [0.15, 0.2) is 54.6 Å². The van der Waals surface area contributed by atoms with Crippen LogP contribution in [0.1, 0.15) is 32.1 Å². The predicted molar refractivity (Wildman–Crippen MR) is 150 cm³/mol. The fourth-order valence-corrected chi connectivity index (χ4v) is 6.42. The van der Waals surface area contributed by atoms with Crippen molar-refractivity contribution in [2.24, 2.45) is 17.8 Å². The third-order valence-electron chi connectivity index (χ3n) is 8.57. The normalized spacial score (nSPS) is 23.8. The molecule has 3 aliphatic rings. The molecule has 0 spiro atoms. The second-order valence-electron chi connectivity index (χ2n) is 11.0. The maximum Gasteiger partial charge on any atom is 0.289 e. The third-order valence-corrected chi connectivity index (χ3v) is 8.57. The number of hydrogen-bond acceptors (Lipinski definition) is 6. The van der Waals surface area contributed by atoms with Crippen LogP contribution in [0.25, 0.3) is 11.1 Å². The molecule has 2 saturated heterocycles. The van der Waals surface area contributed by atoms with Crippen molar-refractivity contribution in [2.75, 3.05) is 26.7 Å². The van der Waals surface area contributed by atoms with E-state index in [0.717, 1.165) is 30.4 Å². The van der Waals surface area contributed by atoms with Crippen LogP contribution in [0.3, 0.4) is 0 Å². The first kappa shape index (κ1) is 28.3. The first-order chi connectivity index (χ1) is 19.9.